The predicted molar refractivity (Wildman–Crippen MR) is 64.4 cm³/mol. The van der Waals surface area contributed by atoms with Crippen molar-refractivity contribution in [2.24, 2.45) is 0 Å². The van der Waals surface area contributed by atoms with Crippen LogP contribution in [0.2, 0.25) is 0 Å². The molecule has 0 aliphatic carbocycles. The van der Waals surface area contributed by atoms with Gasteiger partial charge in [0.25, 0.3) is 0 Å². The van der Waals surface area contributed by atoms with Crippen LogP contribution in [0.4, 0.5) is 0 Å². The van der Waals surface area contributed by atoms with Crippen molar-refractivity contribution in [3.05, 3.63) is 0 Å². The van der Waals surface area contributed by atoms with Crippen LogP contribution in [-0.2, 0) is 9.53 Å². The first-order valence-corrected chi connectivity index (χ1v) is 6.35. The molecule has 1 saturated heterocycles. The summed E-state index contributed by atoms with van der Waals surface area (Å²) in [5.41, 5.74) is 0. The molecular formula is C12H24N2O2. The first-order chi connectivity index (χ1) is 7.74. The minimum Gasteiger partial charge on any atom is -0.381 e. The van der Waals surface area contributed by atoms with Crippen LogP contribution in [0.15, 0.2) is 0 Å². The molecular weight excluding hydrogens is 204 g/mol. The fourth-order valence-electron chi connectivity index (χ4n) is 1.90. The topological polar surface area (TPSA) is 50.4 Å². The van der Waals surface area contributed by atoms with Crippen LogP contribution < -0.4 is 10.6 Å². The van der Waals surface area contributed by atoms with Crippen molar-refractivity contribution >= 4 is 5.91 Å². The van der Waals surface area contributed by atoms with Gasteiger partial charge in [0.1, 0.15) is 0 Å². The van der Waals surface area contributed by atoms with Gasteiger partial charge >= 0.3 is 0 Å². The number of hydrogen-bond donors (Lipinski definition) is 2. The van der Waals surface area contributed by atoms with E-state index < -0.39 is 0 Å². The molecule has 0 aromatic rings. The third kappa shape index (κ3) is 4.94. The highest BCUT2D eigenvalue weighted by atomic mass is 16.5. The molecule has 16 heavy (non-hydrogen) atoms. The molecule has 1 aliphatic rings. The molecule has 0 aromatic heterocycles. The van der Waals surface area contributed by atoms with Crippen LogP contribution >= 0.6 is 0 Å². The SMILES string of the molecule is CCCNC(=O)C(C)NC1CCCOCC1. The van der Waals surface area contributed by atoms with E-state index in [9.17, 15) is 4.79 Å². The Morgan fingerprint density at radius 2 is 2.25 bits per heavy atom. The molecule has 4 nitrogen and oxygen atoms in total. The largest absolute Gasteiger partial charge is 0.381 e. The molecule has 0 aromatic carbocycles. The molecule has 1 aliphatic heterocycles. The number of nitrogens with one attached hydrogen (secondary N) is 2. The van der Waals surface area contributed by atoms with Gasteiger partial charge in [-0.3, -0.25) is 4.79 Å². The second-order valence-electron chi connectivity index (χ2n) is 4.42. The lowest BCUT2D eigenvalue weighted by Gasteiger charge is -2.21. The molecule has 2 unspecified atom stereocenters. The van der Waals surface area contributed by atoms with E-state index >= 15 is 0 Å². The summed E-state index contributed by atoms with van der Waals surface area (Å²) in [7, 11) is 0. The predicted octanol–water partition coefficient (Wildman–Crippen LogP) is 1.06. The summed E-state index contributed by atoms with van der Waals surface area (Å²) in [6.45, 7) is 6.41. The number of ether oxygens (including phenoxy) is 1. The third-order valence-electron chi connectivity index (χ3n) is 2.88. The number of carbonyl (C=O) groups excluding carboxylic acids is 1. The van der Waals surface area contributed by atoms with E-state index in [1.165, 1.54) is 0 Å². The van der Waals surface area contributed by atoms with Crippen LogP contribution in [0.5, 0.6) is 0 Å². The van der Waals surface area contributed by atoms with Gasteiger partial charge in [-0.2, -0.15) is 0 Å². The van der Waals surface area contributed by atoms with Crippen molar-refractivity contribution in [3.8, 4) is 0 Å². The van der Waals surface area contributed by atoms with Gasteiger partial charge in [0.05, 0.1) is 6.04 Å². The molecule has 94 valence electrons. The van der Waals surface area contributed by atoms with Crippen molar-refractivity contribution in [2.75, 3.05) is 19.8 Å². The monoisotopic (exact) mass is 228 g/mol. The van der Waals surface area contributed by atoms with Crippen molar-refractivity contribution in [1.29, 1.82) is 0 Å². The average molecular weight is 228 g/mol. The van der Waals surface area contributed by atoms with E-state index in [-0.39, 0.29) is 11.9 Å². The van der Waals surface area contributed by atoms with E-state index in [2.05, 4.69) is 17.6 Å². The molecule has 1 amide bonds. The standard InChI is InChI=1S/C12H24N2O2/c1-3-7-13-12(15)10(2)14-11-5-4-8-16-9-6-11/h10-11,14H,3-9H2,1-2H3,(H,13,15). The van der Waals surface area contributed by atoms with Crippen molar-refractivity contribution < 1.29 is 9.53 Å². The van der Waals surface area contributed by atoms with E-state index in [1.54, 1.807) is 0 Å². The molecule has 0 spiro atoms. The summed E-state index contributed by atoms with van der Waals surface area (Å²) in [6.07, 6.45) is 4.17. The second kappa shape index (κ2) is 7.63. The molecule has 0 radical (unpaired) electrons. The zero-order valence-electron chi connectivity index (χ0n) is 10.4. The number of rotatable bonds is 5. The Labute approximate surface area is 98.1 Å². The van der Waals surface area contributed by atoms with Crippen molar-refractivity contribution in [1.82, 2.24) is 10.6 Å². The van der Waals surface area contributed by atoms with Gasteiger partial charge in [-0.1, -0.05) is 6.92 Å². The molecule has 0 bridgehead atoms. The van der Waals surface area contributed by atoms with Gasteiger partial charge < -0.3 is 15.4 Å². The van der Waals surface area contributed by atoms with Gasteiger partial charge in [-0.15, -0.1) is 0 Å². The maximum atomic E-state index is 11.7. The number of amides is 1. The highest BCUT2D eigenvalue weighted by Gasteiger charge is 2.18. The lowest BCUT2D eigenvalue weighted by molar-refractivity contribution is -0.122. The minimum atomic E-state index is -0.102. The molecule has 1 heterocycles. The lowest BCUT2D eigenvalue weighted by atomic mass is 10.1. The number of carbonyl (C=O) groups is 1. The summed E-state index contributed by atoms with van der Waals surface area (Å²) < 4.78 is 5.39. The maximum Gasteiger partial charge on any atom is 0.236 e. The van der Waals surface area contributed by atoms with E-state index in [4.69, 9.17) is 4.74 Å². The minimum absolute atomic E-state index is 0.102. The zero-order valence-corrected chi connectivity index (χ0v) is 10.4. The summed E-state index contributed by atoms with van der Waals surface area (Å²) in [5.74, 6) is 0.104. The van der Waals surface area contributed by atoms with Crippen molar-refractivity contribution in [2.45, 2.75) is 51.6 Å². The first kappa shape index (κ1) is 13.5. The van der Waals surface area contributed by atoms with Crippen LogP contribution in [0.3, 0.4) is 0 Å². The third-order valence-corrected chi connectivity index (χ3v) is 2.88. The average Bonchev–Trinajstić information content (AvgIpc) is 2.54. The van der Waals surface area contributed by atoms with Gasteiger partial charge in [-0.05, 0) is 32.6 Å². The first-order valence-electron chi connectivity index (χ1n) is 6.35. The summed E-state index contributed by atoms with van der Waals surface area (Å²) >= 11 is 0. The van der Waals surface area contributed by atoms with Gasteiger partial charge in [0, 0.05) is 25.8 Å². The zero-order chi connectivity index (χ0) is 11.8. The molecule has 4 heteroatoms. The van der Waals surface area contributed by atoms with Gasteiger partial charge in [0.2, 0.25) is 5.91 Å². The van der Waals surface area contributed by atoms with Crippen LogP contribution in [0.25, 0.3) is 0 Å². The van der Waals surface area contributed by atoms with E-state index in [1.807, 2.05) is 6.92 Å². The van der Waals surface area contributed by atoms with Gasteiger partial charge in [0.15, 0.2) is 0 Å². The van der Waals surface area contributed by atoms with Crippen LogP contribution in [-0.4, -0.2) is 37.7 Å². The summed E-state index contributed by atoms with van der Waals surface area (Å²) in [4.78, 5) is 11.7. The Hall–Kier alpha value is -0.610. The Morgan fingerprint density at radius 3 is 3.00 bits per heavy atom. The Balaban J connectivity index is 2.25. The lowest BCUT2D eigenvalue weighted by Crippen LogP contribution is -2.46. The Morgan fingerprint density at radius 1 is 1.44 bits per heavy atom. The molecule has 2 atom stereocenters. The van der Waals surface area contributed by atoms with E-state index in [0.29, 0.717) is 6.04 Å². The highest BCUT2D eigenvalue weighted by molar-refractivity contribution is 5.81. The molecule has 1 rings (SSSR count). The molecule has 2 N–H and O–H groups in total. The highest BCUT2D eigenvalue weighted by Crippen LogP contribution is 2.08. The maximum absolute atomic E-state index is 11.7. The molecule has 0 saturated carbocycles. The Bertz CT molecular complexity index is 201. The molecule has 1 fully saturated rings. The fraction of sp³-hybridized carbons (Fsp3) is 0.917. The smallest absolute Gasteiger partial charge is 0.236 e. The van der Waals surface area contributed by atoms with E-state index in [0.717, 1.165) is 45.4 Å². The fourth-order valence-corrected chi connectivity index (χ4v) is 1.90. The summed E-state index contributed by atoms with van der Waals surface area (Å²) in [6, 6.07) is 0.319. The van der Waals surface area contributed by atoms with Gasteiger partial charge in [-0.25, -0.2) is 0 Å². The quantitative estimate of drug-likeness (QED) is 0.740. The second-order valence-corrected chi connectivity index (χ2v) is 4.42. The van der Waals surface area contributed by atoms with Crippen LogP contribution in [0.1, 0.15) is 39.5 Å². The Kier molecular flexibility index (Phi) is 6.42. The normalized spacial score (nSPS) is 23.5. The van der Waals surface area contributed by atoms with Crippen LogP contribution in [0, 0.1) is 0 Å². The van der Waals surface area contributed by atoms with Crippen molar-refractivity contribution in [3.63, 3.8) is 0 Å². The summed E-state index contributed by atoms with van der Waals surface area (Å²) in [5, 5.41) is 6.28. The number of hydrogen-bond acceptors (Lipinski definition) is 3.